The van der Waals surface area contributed by atoms with Crippen molar-refractivity contribution in [3.8, 4) is 17.0 Å². The molecule has 0 saturated carbocycles. The predicted octanol–water partition coefficient (Wildman–Crippen LogP) is 7.64. The van der Waals surface area contributed by atoms with Gasteiger partial charge in [0.1, 0.15) is 12.4 Å². The van der Waals surface area contributed by atoms with Crippen molar-refractivity contribution in [2.24, 2.45) is 0 Å². The fraction of sp³-hybridized carbons (Fsp3) is 0.222. The molecule has 32 heavy (non-hydrogen) atoms. The molecule has 0 unspecified atom stereocenters. The molecule has 1 heterocycles. The molecule has 1 aromatic heterocycles. The van der Waals surface area contributed by atoms with Gasteiger partial charge in [-0.25, -0.2) is 0 Å². The normalized spacial score (nSPS) is 10.4. The third-order valence-corrected chi connectivity index (χ3v) is 5.75. The van der Waals surface area contributed by atoms with Crippen molar-refractivity contribution in [3.63, 3.8) is 0 Å². The molecule has 3 aromatic carbocycles. The summed E-state index contributed by atoms with van der Waals surface area (Å²) in [7, 11) is 0. The average molecular weight is 446 g/mol. The third kappa shape index (κ3) is 5.74. The lowest BCUT2D eigenvalue weighted by molar-refractivity contribution is 0.306. The first kappa shape index (κ1) is 23.5. The van der Waals surface area contributed by atoms with E-state index in [4.69, 9.17) is 10.1 Å². The molecule has 4 aromatic rings. The van der Waals surface area contributed by atoms with Crippen LogP contribution in [0.1, 0.15) is 25.8 Å². The molecule has 166 valence electrons. The number of hydrogen-bond donors (Lipinski definition) is 2. The lowest BCUT2D eigenvalue weighted by Gasteiger charge is -2.11. The van der Waals surface area contributed by atoms with Gasteiger partial charge >= 0.3 is 0 Å². The Bertz CT molecular complexity index is 1110. The van der Waals surface area contributed by atoms with E-state index in [0.29, 0.717) is 6.61 Å². The second kappa shape index (κ2) is 12.0. The molecule has 0 radical (unpaired) electrons. The Balaban J connectivity index is 0.00000141. The van der Waals surface area contributed by atoms with Gasteiger partial charge in [-0.2, -0.15) is 0 Å². The summed E-state index contributed by atoms with van der Waals surface area (Å²) < 4.78 is 11.8. The highest BCUT2D eigenvalue weighted by molar-refractivity contribution is 8.00. The summed E-state index contributed by atoms with van der Waals surface area (Å²) in [6.07, 6.45) is 1.09. The zero-order valence-corrected chi connectivity index (χ0v) is 19.6. The summed E-state index contributed by atoms with van der Waals surface area (Å²) in [6.45, 7) is 8.45. The molecule has 0 aliphatic heterocycles. The van der Waals surface area contributed by atoms with Crippen molar-refractivity contribution in [1.82, 2.24) is 4.57 Å². The lowest BCUT2D eigenvalue weighted by Crippen LogP contribution is -1.99. The van der Waals surface area contributed by atoms with E-state index in [1.54, 1.807) is 11.9 Å². The molecule has 0 amide bonds. The van der Waals surface area contributed by atoms with Crippen molar-refractivity contribution < 1.29 is 4.74 Å². The van der Waals surface area contributed by atoms with Crippen LogP contribution in [0.5, 0.6) is 5.75 Å². The number of aryl methyl sites for hydroxylation is 1. The minimum atomic E-state index is 0.582. The van der Waals surface area contributed by atoms with Gasteiger partial charge in [-0.1, -0.05) is 68.3 Å². The SMILES string of the molecule is C=N.CCCn1c(-c2ccc(NSCC)cc2)cc2cc(OCc3ccccc3)ccc21. The van der Waals surface area contributed by atoms with Crippen molar-refractivity contribution in [1.29, 1.82) is 5.41 Å². The third-order valence-electron chi connectivity index (χ3n) is 5.08. The number of hydrogen-bond acceptors (Lipinski definition) is 4. The quantitative estimate of drug-likeness (QED) is 0.205. The van der Waals surface area contributed by atoms with Crippen LogP contribution in [0.2, 0.25) is 0 Å². The first-order chi connectivity index (χ1) is 15.8. The van der Waals surface area contributed by atoms with Gasteiger partial charge in [-0.3, -0.25) is 0 Å². The highest BCUT2D eigenvalue weighted by atomic mass is 32.2. The zero-order valence-electron chi connectivity index (χ0n) is 18.8. The van der Waals surface area contributed by atoms with E-state index in [0.717, 1.165) is 30.2 Å². The summed E-state index contributed by atoms with van der Waals surface area (Å²) in [5.41, 5.74) is 6.06. The molecular weight excluding hydrogens is 414 g/mol. The van der Waals surface area contributed by atoms with E-state index in [-0.39, 0.29) is 0 Å². The molecule has 0 spiro atoms. The fourth-order valence-electron chi connectivity index (χ4n) is 3.65. The molecule has 2 N–H and O–H groups in total. The van der Waals surface area contributed by atoms with Gasteiger partial charge in [0.25, 0.3) is 0 Å². The smallest absolute Gasteiger partial charge is 0.120 e. The molecule has 0 aliphatic rings. The van der Waals surface area contributed by atoms with Gasteiger partial charge in [0.15, 0.2) is 0 Å². The van der Waals surface area contributed by atoms with Crippen LogP contribution in [0.15, 0.2) is 78.9 Å². The molecule has 0 aliphatic carbocycles. The van der Waals surface area contributed by atoms with Crippen LogP contribution in [0, 0.1) is 5.41 Å². The summed E-state index contributed by atoms with van der Waals surface area (Å²) in [5.74, 6) is 1.95. The Kier molecular flexibility index (Phi) is 8.81. The highest BCUT2D eigenvalue weighted by Gasteiger charge is 2.11. The summed E-state index contributed by atoms with van der Waals surface area (Å²) >= 11 is 1.71. The number of nitrogens with one attached hydrogen (secondary N) is 2. The Morgan fingerprint density at radius 2 is 1.69 bits per heavy atom. The topological polar surface area (TPSA) is 50.0 Å². The van der Waals surface area contributed by atoms with Gasteiger partial charge in [-0.15, -0.1) is 0 Å². The monoisotopic (exact) mass is 445 g/mol. The maximum absolute atomic E-state index is 6.05. The lowest BCUT2D eigenvalue weighted by atomic mass is 10.1. The number of rotatable bonds is 9. The van der Waals surface area contributed by atoms with Gasteiger partial charge in [-0.05, 0) is 60.7 Å². The molecule has 0 fully saturated rings. The van der Waals surface area contributed by atoms with Crippen molar-refractivity contribution in [3.05, 3.63) is 84.4 Å². The van der Waals surface area contributed by atoms with Gasteiger partial charge < -0.3 is 19.4 Å². The van der Waals surface area contributed by atoms with E-state index in [1.165, 1.54) is 27.7 Å². The van der Waals surface area contributed by atoms with E-state index in [1.807, 2.05) is 18.2 Å². The number of ether oxygens (including phenoxy) is 1. The summed E-state index contributed by atoms with van der Waals surface area (Å²) in [4.78, 5) is 0. The van der Waals surface area contributed by atoms with E-state index in [2.05, 4.69) is 90.5 Å². The van der Waals surface area contributed by atoms with E-state index < -0.39 is 0 Å². The van der Waals surface area contributed by atoms with Crippen LogP contribution in [0.25, 0.3) is 22.2 Å². The van der Waals surface area contributed by atoms with E-state index >= 15 is 0 Å². The van der Waals surface area contributed by atoms with Crippen LogP contribution in [-0.4, -0.2) is 17.0 Å². The molecule has 0 bridgehead atoms. The maximum atomic E-state index is 6.05. The Morgan fingerprint density at radius 3 is 2.38 bits per heavy atom. The Hall–Kier alpha value is -3.18. The Labute approximate surface area is 195 Å². The standard InChI is InChI=1S/C26H28N2OS.CH3N/c1-3-16-28-25-15-14-24(29-19-20-8-6-5-7-9-20)17-22(25)18-26(28)21-10-12-23(13-11-21)27-30-4-2;1-2/h5-15,17-18,27H,3-4,16,19H2,1-2H3;2H,1H2. The fourth-order valence-corrected chi connectivity index (χ4v) is 4.09. The van der Waals surface area contributed by atoms with Crippen molar-refractivity contribution in [2.45, 2.75) is 33.4 Å². The number of fused-ring (bicyclic) bond motifs is 1. The first-order valence-electron chi connectivity index (χ1n) is 10.9. The number of nitrogens with zero attached hydrogens (tertiary/aromatic N) is 1. The van der Waals surface area contributed by atoms with Crippen molar-refractivity contribution >= 4 is 35.3 Å². The maximum Gasteiger partial charge on any atom is 0.120 e. The minimum Gasteiger partial charge on any atom is -0.489 e. The van der Waals surface area contributed by atoms with Gasteiger partial charge in [0.2, 0.25) is 0 Å². The second-order valence-electron chi connectivity index (χ2n) is 7.29. The van der Waals surface area contributed by atoms with Gasteiger partial charge in [0, 0.05) is 34.6 Å². The number of anilines is 1. The second-order valence-corrected chi connectivity index (χ2v) is 8.36. The van der Waals surface area contributed by atoms with Crippen LogP contribution >= 0.6 is 11.9 Å². The molecular formula is C27H31N3OS. The predicted molar refractivity (Wildman–Crippen MR) is 140 cm³/mol. The average Bonchev–Trinajstić information content (AvgIpc) is 3.21. The largest absolute Gasteiger partial charge is 0.489 e. The Morgan fingerprint density at radius 1 is 0.938 bits per heavy atom. The number of benzene rings is 3. The van der Waals surface area contributed by atoms with E-state index in [9.17, 15) is 0 Å². The zero-order chi connectivity index (χ0) is 22.8. The minimum absolute atomic E-state index is 0.582. The molecule has 0 saturated heterocycles. The molecule has 4 nitrogen and oxygen atoms in total. The first-order valence-corrected chi connectivity index (χ1v) is 11.9. The summed E-state index contributed by atoms with van der Waals surface area (Å²) in [6, 6.07) is 27.7. The van der Waals surface area contributed by atoms with Crippen LogP contribution in [0.3, 0.4) is 0 Å². The van der Waals surface area contributed by atoms with Crippen molar-refractivity contribution in [2.75, 3.05) is 10.5 Å². The number of aromatic nitrogens is 1. The van der Waals surface area contributed by atoms with Gasteiger partial charge in [0.05, 0.1) is 0 Å². The molecule has 5 heteroatoms. The molecule has 4 rings (SSSR count). The molecule has 0 atom stereocenters. The van der Waals surface area contributed by atoms with Crippen LogP contribution in [-0.2, 0) is 13.2 Å². The summed E-state index contributed by atoms with van der Waals surface area (Å²) in [5, 5.41) is 6.72. The van der Waals surface area contributed by atoms with Crippen LogP contribution in [0.4, 0.5) is 5.69 Å². The highest BCUT2D eigenvalue weighted by Crippen LogP contribution is 2.32. The van der Waals surface area contributed by atoms with Crippen LogP contribution < -0.4 is 9.46 Å².